The fourth-order valence-electron chi connectivity index (χ4n) is 3.05. The molecule has 0 radical (unpaired) electrons. The second-order valence-corrected chi connectivity index (χ2v) is 6.59. The highest BCUT2D eigenvalue weighted by Crippen LogP contribution is 2.29. The van der Waals surface area contributed by atoms with Crippen LogP contribution in [0.25, 0.3) is 0 Å². The maximum Gasteiger partial charge on any atom is 0.273 e. The number of nitrogens with one attached hydrogen (secondary N) is 2. The number of amides is 1. The second-order valence-electron chi connectivity index (χ2n) is 6.19. The van der Waals surface area contributed by atoms with Gasteiger partial charge in [-0.15, -0.1) is 0 Å². The van der Waals surface area contributed by atoms with Crippen molar-refractivity contribution in [2.45, 2.75) is 44.9 Å². The topological polar surface area (TPSA) is 93.5 Å². The summed E-state index contributed by atoms with van der Waals surface area (Å²) in [5.41, 5.74) is 0.385. The van der Waals surface area contributed by atoms with Crippen molar-refractivity contribution < 1.29 is 14.5 Å². The highest BCUT2D eigenvalue weighted by atomic mass is 32.1. The molecule has 1 saturated carbocycles. The van der Waals surface area contributed by atoms with Crippen molar-refractivity contribution in [1.82, 2.24) is 5.32 Å². The molecule has 1 aromatic carbocycles. The van der Waals surface area contributed by atoms with E-state index in [2.05, 4.69) is 10.6 Å². The lowest BCUT2D eigenvalue weighted by Crippen LogP contribution is -2.34. The van der Waals surface area contributed by atoms with Crippen molar-refractivity contribution >= 4 is 34.6 Å². The Morgan fingerprint density at radius 2 is 2.08 bits per heavy atom. The molecular formula is C17H23N3O4S. The molecule has 1 aromatic rings. The van der Waals surface area contributed by atoms with Crippen molar-refractivity contribution in [2.75, 3.05) is 12.4 Å². The van der Waals surface area contributed by atoms with Crippen LogP contribution in [-0.4, -0.2) is 23.1 Å². The molecule has 2 N–H and O–H groups in total. The van der Waals surface area contributed by atoms with Crippen LogP contribution < -0.4 is 15.4 Å². The number of thiocarbonyl (C=S) groups is 1. The molecule has 7 nitrogen and oxygen atoms in total. The van der Waals surface area contributed by atoms with E-state index in [1.54, 1.807) is 0 Å². The molecule has 0 aromatic heterocycles. The number of methoxy groups -OCH3 is 1. The molecule has 0 saturated heterocycles. The smallest absolute Gasteiger partial charge is 0.273 e. The molecule has 25 heavy (non-hydrogen) atoms. The second kappa shape index (κ2) is 9.31. The SMILES string of the molecule is COc1cc([N+](=O)[O-])ccc1NC(=S)NC(=O)CCC1CCCCC1. The van der Waals surface area contributed by atoms with Crippen LogP contribution in [-0.2, 0) is 4.79 Å². The summed E-state index contributed by atoms with van der Waals surface area (Å²) in [7, 11) is 1.41. The van der Waals surface area contributed by atoms with Crippen molar-refractivity contribution in [1.29, 1.82) is 0 Å². The number of nitro groups is 1. The van der Waals surface area contributed by atoms with E-state index < -0.39 is 4.92 Å². The van der Waals surface area contributed by atoms with Gasteiger partial charge in [0, 0.05) is 12.5 Å². The van der Waals surface area contributed by atoms with Gasteiger partial charge in [-0.2, -0.15) is 0 Å². The summed E-state index contributed by atoms with van der Waals surface area (Å²) < 4.78 is 5.13. The van der Waals surface area contributed by atoms with E-state index in [0.717, 1.165) is 6.42 Å². The van der Waals surface area contributed by atoms with Crippen molar-refractivity contribution in [3.05, 3.63) is 28.3 Å². The van der Waals surface area contributed by atoms with E-state index in [4.69, 9.17) is 17.0 Å². The molecular weight excluding hydrogens is 342 g/mol. The molecule has 0 spiro atoms. The Kier molecular flexibility index (Phi) is 7.12. The van der Waals surface area contributed by atoms with Gasteiger partial charge in [0.25, 0.3) is 5.69 Å². The summed E-state index contributed by atoms with van der Waals surface area (Å²) in [6, 6.07) is 4.14. The first-order valence-corrected chi connectivity index (χ1v) is 8.83. The number of carbonyl (C=O) groups excluding carboxylic acids is 1. The number of hydrogen-bond acceptors (Lipinski definition) is 5. The largest absolute Gasteiger partial charge is 0.494 e. The van der Waals surface area contributed by atoms with Crippen LogP contribution >= 0.6 is 12.2 Å². The van der Waals surface area contributed by atoms with Gasteiger partial charge in [-0.05, 0) is 30.6 Å². The summed E-state index contributed by atoms with van der Waals surface area (Å²) in [4.78, 5) is 22.3. The van der Waals surface area contributed by atoms with E-state index in [0.29, 0.717) is 18.0 Å². The molecule has 1 aliphatic rings. The fraction of sp³-hybridized carbons (Fsp3) is 0.529. The van der Waals surface area contributed by atoms with Crippen LogP contribution in [0.2, 0.25) is 0 Å². The Bertz CT molecular complexity index is 645. The predicted molar refractivity (Wildman–Crippen MR) is 99.8 cm³/mol. The van der Waals surface area contributed by atoms with Crippen LogP contribution in [0.1, 0.15) is 44.9 Å². The maximum atomic E-state index is 12.0. The van der Waals surface area contributed by atoms with Crippen LogP contribution in [0, 0.1) is 16.0 Å². The third-order valence-electron chi connectivity index (χ3n) is 4.40. The lowest BCUT2D eigenvalue weighted by molar-refractivity contribution is -0.384. The molecule has 0 atom stereocenters. The normalized spacial score (nSPS) is 14.6. The minimum absolute atomic E-state index is 0.0789. The number of carbonyl (C=O) groups is 1. The number of nitrogens with zero attached hydrogens (tertiary/aromatic N) is 1. The van der Waals surface area contributed by atoms with Gasteiger partial charge < -0.3 is 15.4 Å². The van der Waals surface area contributed by atoms with Crippen LogP contribution in [0.3, 0.4) is 0 Å². The average Bonchev–Trinajstić information content (AvgIpc) is 2.61. The summed E-state index contributed by atoms with van der Waals surface area (Å²) in [5, 5.41) is 16.4. The van der Waals surface area contributed by atoms with E-state index in [9.17, 15) is 14.9 Å². The number of anilines is 1. The quantitative estimate of drug-likeness (QED) is 0.453. The minimum atomic E-state index is -0.502. The summed E-state index contributed by atoms with van der Waals surface area (Å²) >= 11 is 5.14. The molecule has 0 aliphatic heterocycles. The number of nitro benzene ring substituents is 1. The Morgan fingerprint density at radius 3 is 2.72 bits per heavy atom. The number of rotatable bonds is 6. The first-order valence-electron chi connectivity index (χ1n) is 8.43. The highest BCUT2D eigenvalue weighted by Gasteiger charge is 2.16. The molecule has 0 heterocycles. The van der Waals surface area contributed by atoms with Gasteiger partial charge in [0.2, 0.25) is 5.91 Å². The molecule has 0 unspecified atom stereocenters. The Morgan fingerprint density at radius 1 is 1.36 bits per heavy atom. The fourth-order valence-corrected chi connectivity index (χ4v) is 3.27. The summed E-state index contributed by atoms with van der Waals surface area (Å²) in [6.45, 7) is 0. The zero-order valence-electron chi connectivity index (χ0n) is 14.2. The van der Waals surface area contributed by atoms with Crippen LogP contribution in [0.15, 0.2) is 18.2 Å². The van der Waals surface area contributed by atoms with Crippen molar-refractivity contribution in [2.24, 2.45) is 5.92 Å². The van der Waals surface area contributed by atoms with Crippen molar-refractivity contribution in [3.63, 3.8) is 0 Å². The Hall–Kier alpha value is -2.22. The third kappa shape index (κ3) is 5.97. The third-order valence-corrected chi connectivity index (χ3v) is 4.61. The number of non-ortho nitro benzene ring substituents is 1. The molecule has 1 fully saturated rings. The first-order chi connectivity index (χ1) is 12.0. The standard InChI is InChI=1S/C17H23N3O4S/c1-24-15-11-13(20(22)23)8-9-14(15)18-17(25)19-16(21)10-7-12-5-3-2-4-6-12/h8-9,11-12H,2-7,10H2,1H3,(H2,18,19,21,25). The maximum absolute atomic E-state index is 12.0. The van der Waals surface area contributed by atoms with Gasteiger partial charge in [-0.1, -0.05) is 32.1 Å². The predicted octanol–water partition coefficient (Wildman–Crippen LogP) is 3.78. The minimum Gasteiger partial charge on any atom is -0.494 e. The van der Waals surface area contributed by atoms with Crippen LogP contribution in [0.4, 0.5) is 11.4 Å². The van der Waals surface area contributed by atoms with Gasteiger partial charge in [0.05, 0.1) is 23.8 Å². The molecule has 8 heteroatoms. The number of ether oxygens (including phenoxy) is 1. The van der Waals surface area contributed by atoms with Crippen molar-refractivity contribution in [3.8, 4) is 5.75 Å². The van der Waals surface area contributed by atoms with E-state index >= 15 is 0 Å². The zero-order chi connectivity index (χ0) is 18.2. The molecule has 1 aliphatic carbocycles. The van der Waals surface area contributed by atoms with E-state index in [1.807, 2.05) is 0 Å². The summed E-state index contributed by atoms with van der Waals surface area (Å²) in [5.74, 6) is 0.799. The van der Waals surface area contributed by atoms with Gasteiger partial charge in [0.15, 0.2) is 5.11 Å². The molecule has 2 rings (SSSR count). The van der Waals surface area contributed by atoms with Gasteiger partial charge in [-0.3, -0.25) is 14.9 Å². The Labute approximate surface area is 152 Å². The lowest BCUT2D eigenvalue weighted by atomic mass is 9.86. The average molecular weight is 365 g/mol. The molecule has 0 bridgehead atoms. The monoisotopic (exact) mass is 365 g/mol. The first kappa shape index (κ1) is 19.1. The highest BCUT2D eigenvalue weighted by molar-refractivity contribution is 7.80. The van der Waals surface area contributed by atoms with E-state index in [1.165, 1.54) is 57.4 Å². The lowest BCUT2D eigenvalue weighted by Gasteiger charge is -2.21. The zero-order valence-corrected chi connectivity index (χ0v) is 15.1. The summed E-state index contributed by atoms with van der Waals surface area (Å²) in [6.07, 6.45) is 7.55. The Balaban J connectivity index is 1.84. The number of benzene rings is 1. The van der Waals surface area contributed by atoms with Crippen LogP contribution in [0.5, 0.6) is 5.75 Å². The van der Waals surface area contributed by atoms with E-state index in [-0.39, 0.29) is 22.5 Å². The van der Waals surface area contributed by atoms with Gasteiger partial charge in [-0.25, -0.2) is 0 Å². The molecule has 1 amide bonds. The van der Waals surface area contributed by atoms with Gasteiger partial charge in [0.1, 0.15) is 5.75 Å². The van der Waals surface area contributed by atoms with Gasteiger partial charge >= 0.3 is 0 Å². The molecule has 136 valence electrons. The number of hydrogen-bond donors (Lipinski definition) is 2.